The largest absolute Gasteiger partial charge is 0.618 e. The molecule has 8 heteroatoms. The van der Waals surface area contributed by atoms with Gasteiger partial charge in [0.05, 0.1) is 15.5 Å². The van der Waals surface area contributed by atoms with Crippen LogP contribution >= 0.6 is 11.6 Å². The van der Waals surface area contributed by atoms with Crippen LogP contribution in [-0.4, -0.2) is 17.4 Å². The van der Waals surface area contributed by atoms with E-state index in [0.717, 1.165) is 3.97 Å². The highest BCUT2D eigenvalue weighted by molar-refractivity contribution is 7.90. The Morgan fingerprint density at radius 3 is 2.62 bits per heavy atom. The molecule has 0 radical (unpaired) electrons. The molecule has 3 aromatic heterocycles. The van der Waals surface area contributed by atoms with E-state index in [4.69, 9.17) is 11.6 Å². The van der Waals surface area contributed by atoms with Gasteiger partial charge >= 0.3 is 0 Å². The number of hydrogen-bond donors (Lipinski definition) is 0. The molecular formula is C18H12ClN3O3S. The summed E-state index contributed by atoms with van der Waals surface area (Å²) in [6.45, 7) is 0. The number of benzene rings is 1. The van der Waals surface area contributed by atoms with Gasteiger partial charge in [0, 0.05) is 29.9 Å². The molecule has 0 atom stereocenters. The summed E-state index contributed by atoms with van der Waals surface area (Å²) in [5, 5.41) is 13.1. The van der Waals surface area contributed by atoms with Gasteiger partial charge in [-0.05, 0) is 24.3 Å². The first kappa shape index (κ1) is 16.6. The number of rotatable bonds is 3. The normalized spacial score (nSPS) is 11.7. The lowest BCUT2D eigenvalue weighted by molar-refractivity contribution is -0.593. The molecule has 26 heavy (non-hydrogen) atoms. The van der Waals surface area contributed by atoms with Crippen LogP contribution in [0.3, 0.4) is 0 Å². The van der Waals surface area contributed by atoms with E-state index >= 15 is 0 Å². The van der Waals surface area contributed by atoms with Crippen LogP contribution < -0.4 is 4.73 Å². The minimum Gasteiger partial charge on any atom is -0.618 e. The lowest BCUT2D eigenvalue weighted by atomic mass is 10.1. The quantitative estimate of drug-likeness (QED) is 0.400. The van der Waals surface area contributed by atoms with E-state index in [2.05, 4.69) is 4.98 Å². The average Bonchev–Trinajstić information content (AvgIpc) is 3.05. The van der Waals surface area contributed by atoms with Crippen LogP contribution in [-0.2, 0) is 10.0 Å². The van der Waals surface area contributed by atoms with Gasteiger partial charge < -0.3 is 5.21 Å². The molecule has 0 fully saturated rings. The van der Waals surface area contributed by atoms with E-state index < -0.39 is 10.0 Å². The van der Waals surface area contributed by atoms with Crippen LogP contribution in [0, 0.1) is 5.21 Å². The Morgan fingerprint density at radius 2 is 1.85 bits per heavy atom. The Kier molecular flexibility index (Phi) is 3.90. The first-order valence-corrected chi connectivity index (χ1v) is 9.46. The minimum atomic E-state index is -3.87. The fourth-order valence-corrected chi connectivity index (χ4v) is 4.29. The number of halogens is 1. The van der Waals surface area contributed by atoms with Crippen LogP contribution in [0.4, 0.5) is 0 Å². The molecule has 1 aromatic carbocycles. The summed E-state index contributed by atoms with van der Waals surface area (Å²) in [4.78, 5) is 4.35. The fourth-order valence-electron chi connectivity index (χ4n) is 2.78. The van der Waals surface area contributed by atoms with Crippen LogP contribution in [0.25, 0.3) is 22.3 Å². The summed E-state index contributed by atoms with van der Waals surface area (Å²) >= 11 is 6.02. The fraction of sp³-hybridized carbons (Fsp3) is 0. The first-order chi connectivity index (χ1) is 12.5. The topological polar surface area (TPSA) is 78.9 Å². The second kappa shape index (κ2) is 6.12. The summed E-state index contributed by atoms with van der Waals surface area (Å²) in [7, 11) is -3.87. The Balaban J connectivity index is 2.04. The molecule has 4 rings (SSSR count). The highest BCUT2D eigenvalue weighted by atomic mass is 35.5. The molecule has 0 saturated carbocycles. The maximum Gasteiger partial charge on any atom is 0.269 e. The van der Waals surface area contributed by atoms with E-state index in [9.17, 15) is 13.6 Å². The molecule has 0 unspecified atom stereocenters. The van der Waals surface area contributed by atoms with Crippen molar-refractivity contribution in [3.05, 3.63) is 83.4 Å². The SMILES string of the molecule is O=S(=O)(c1ccccc1)n1cc(-c2cc(Cl)cc[n+]2[O-])c2cccnc21. The zero-order chi connectivity index (χ0) is 18.3. The third-order valence-corrected chi connectivity index (χ3v) is 5.89. The van der Waals surface area contributed by atoms with Crippen molar-refractivity contribution in [2.45, 2.75) is 4.90 Å². The molecule has 130 valence electrons. The number of hydrogen-bond acceptors (Lipinski definition) is 4. The summed E-state index contributed by atoms with van der Waals surface area (Å²) < 4.78 is 27.8. The summed E-state index contributed by atoms with van der Waals surface area (Å²) in [5.41, 5.74) is 0.925. The number of pyridine rings is 2. The van der Waals surface area contributed by atoms with Crippen LogP contribution in [0.15, 0.2) is 78.1 Å². The number of nitrogens with zero attached hydrogens (tertiary/aromatic N) is 3. The molecule has 0 aliphatic rings. The Labute approximate surface area is 154 Å². The summed E-state index contributed by atoms with van der Waals surface area (Å²) in [6, 6.07) is 14.4. The maximum atomic E-state index is 13.1. The second-order valence-electron chi connectivity index (χ2n) is 5.59. The van der Waals surface area contributed by atoms with Gasteiger partial charge in [-0.15, -0.1) is 0 Å². The molecule has 0 aliphatic heterocycles. The van der Waals surface area contributed by atoms with Crippen molar-refractivity contribution < 1.29 is 13.1 Å². The van der Waals surface area contributed by atoms with E-state index in [0.29, 0.717) is 20.7 Å². The smallest absolute Gasteiger partial charge is 0.269 e. The van der Waals surface area contributed by atoms with Crippen molar-refractivity contribution in [1.82, 2.24) is 8.96 Å². The predicted molar refractivity (Wildman–Crippen MR) is 98.2 cm³/mol. The van der Waals surface area contributed by atoms with Crippen molar-refractivity contribution in [3.8, 4) is 11.3 Å². The summed E-state index contributed by atoms with van der Waals surface area (Å²) in [5.74, 6) is 0. The zero-order valence-electron chi connectivity index (χ0n) is 13.3. The van der Waals surface area contributed by atoms with Gasteiger partial charge in [-0.2, -0.15) is 4.73 Å². The molecular weight excluding hydrogens is 374 g/mol. The molecule has 0 amide bonds. The molecule has 4 aromatic rings. The van der Waals surface area contributed by atoms with E-state index in [1.165, 1.54) is 42.9 Å². The molecule has 0 bridgehead atoms. The predicted octanol–water partition coefficient (Wildman–Crippen LogP) is 3.23. The Hall–Kier alpha value is -2.90. The lowest BCUT2D eigenvalue weighted by Crippen LogP contribution is -2.28. The van der Waals surface area contributed by atoms with Crippen LogP contribution in [0.5, 0.6) is 0 Å². The van der Waals surface area contributed by atoms with Gasteiger partial charge in [0.2, 0.25) is 5.69 Å². The van der Waals surface area contributed by atoms with Crippen molar-refractivity contribution in [1.29, 1.82) is 0 Å². The lowest BCUT2D eigenvalue weighted by Gasteiger charge is -2.06. The van der Waals surface area contributed by atoms with Gasteiger partial charge in [-0.25, -0.2) is 17.4 Å². The van der Waals surface area contributed by atoms with Gasteiger partial charge in [0.1, 0.15) is 0 Å². The number of aromatic nitrogens is 3. The van der Waals surface area contributed by atoms with Crippen LogP contribution in [0.2, 0.25) is 5.02 Å². The van der Waals surface area contributed by atoms with Crippen LogP contribution in [0.1, 0.15) is 0 Å². The zero-order valence-corrected chi connectivity index (χ0v) is 14.9. The van der Waals surface area contributed by atoms with Gasteiger partial charge in [-0.1, -0.05) is 29.8 Å². The monoisotopic (exact) mass is 385 g/mol. The van der Waals surface area contributed by atoms with Gasteiger partial charge in [0.25, 0.3) is 10.0 Å². The minimum absolute atomic E-state index is 0.134. The van der Waals surface area contributed by atoms with Crippen molar-refractivity contribution in [2.75, 3.05) is 0 Å². The Morgan fingerprint density at radius 1 is 1.08 bits per heavy atom. The van der Waals surface area contributed by atoms with Gasteiger partial charge in [0.15, 0.2) is 11.8 Å². The molecule has 0 aliphatic carbocycles. The van der Waals surface area contributed by atoms with E-state index in [-0.39, 0.29) is 16.2 Å². The molecule has 3 heterocycles. The third kappa shape index (κ3) is 2.61. The first-order valence-electron chi connectivity index (χ1n) is 7.64. The van der Waals surface area contributed by atoms with Crippen molar-refractivity contribution in [2.24, 2.45) is 0 Å². The highest BCUT2D eigenvalue weighted by Gasteiger charge is 2.25. The van der Waals surface area contributed by atoms with Crippen molar-refractivity contribution >= 4 is 32.7 Å². The number of fused-ring (bicyclic) bond motifs is 1. The summed E-state index contributed by atoms with van der Waals surface area (Å²) in [6.07, 6.45) is 4.19. The van der Waals surface area contributed by atoms with Gasteiger partial charge in [-0.3, -0.25) is 0 Å². The maximum absolute atomic E-state index is 13.1. The standard InChI is InChI=1S/C18H12ClN3O3S/c19-13-8-10-21(23)17(11-13)16-12-22(18-15(16)7-4-9-20-18)26(24,25)14-5-2-1-3-6-14/h1-12H. The molecule has 6 nitrogen and oxygen atoms in total. The highest BCUT2D eigenvalue weighted by Crippen LogP contribution is 2.31. The molecule has 0 N–H and O–H groups in total. The van der Waals surface area contributed by atoms with E-state index in [1.807, 2.05) is 0 Å². The second-order valence-corrected chi connectivity index (χ2v) is 7.84. The average molecular weight is 386 g/mol. The molecule has 0 saturated heterocycles. The van der Waals surface area contributed by atoms with Crippen molar-refractivity contribution in [3.63, 3.8) is 0 Å². The third-order valence-electron chi connectivity index (χ3n) is 3.99. The van der Waals surface area contributed by atoms with E-state index in [1.54, 1.807) is 30.3 Å². The Bertz CT molecular complexity index is 1220. The molecule has 0 spiro atoms.